The van der Waals surface area contributed by atoms with E-state index in [2.05, 4.69) is 20.5 Å². The molecule has 2 N–H and O–H groups in total. The molecule has 0 radical (unpaired) electrons. The van der Waals surface area contributed by atoms with Gasteiger partial charge < -0.3 is 4.74 Å². The van der Waals surface area contributed by atoms with Crippen LogP contribution >= 0.6 is 11.6 Å². The third-order valence-corrected chi connectivity index (χ3v) is 3.72. The van der Waals surface area contributed by atoms with Gasteiger partial charge in [0.1, 0.15) is 12.4 Å². The highest BCUT2D eigenvalue weighted by Gasteiger charge is 2.02. The van der Waals surface area contributed by atoms with Crippen LogP contribution in [0.3, 0.4) is 0 Å². The van der Waals surface area contributed by atoms with E-state index in [1.54, 1.807) is 13.1 Å². The van der Waals surface area contributed by atoms with E-state index < -0.39 is 0 Å². The Kier molecular flexibility index (Phi) is 5.66. The number of hydrogen-bond donors (Lipinski definition) is 2. The van der Waals surface area contributed by atoms with E-state index in [1.807, 2.05) is 48.5 Å². The van der Waals surface area contributed by atoms with Gasteiger partial charge in [0, 0.05) is 22.3 Å². The number of hydrazone groups is 1. The van der Waals surface area contributed by atoms with Gasteiger partial charge in [-0.1, -0.05) is 35.9 Å². The quantitative estimate of drug-likeness (QED) is 0.513. The van der Waals surface area contributed by atoms with Gasteiger partial charge in [-0.05, 0) is 36.8 Å². The SMILES string of the molecule is Cc1cc(=O)[nH]c(N/N=C/c2ccccc2OCc2ccc(Cl)cc2)n1. The Bertz CT molecular complexity index is 968. The number of nitrogens with zero attached hydrogens (tertiary/aromatic N) is 2. The number of para-hydroxylation sites is 1. The van der Waals surface area contributed by atoms with Gasteiger partial charge in [-0.25, -0.2) is 10.4 Å². The van der Waals surface area contributed by atoms with E-state index in [1.165, 1.54) is 6.07 Å². The standard InChI is InChI=1S/C19H17ClN4O2/c1-13-10-18(25)23-19(22-13)24-21-11-15-4-2-3-5-17(15)26-12-14-6-8-16(20)9-7-14/h2-11H,12H2,1H3,(H2,22,23,24,25)/b21-11+. The predicted octanol–water partition coefficient (Wildman–Crippen LogP) is 3.76. The molecule has 2 aromatic carbocycles. The van der Waals surface area contributed by atoms with Crippen molar-refractivity contribution >= 4 is 23.8 Å². The van der Waals surface area contributed by atoms with Crippen LogP contribution in [0.4, 0.5) is 5.95 Å². The average Bonchev–Trinajstić information content (AvgIpc) is 2.61. The van der Waals surface area contributed by atoms with E-state index in [9.17, 15) is 4.79 Å². The lowest BCUT2D eigenvalue weighted by Gasteiger charge is -2.09. The van der Waals surface area contributed by atoms with Gasteiger partial charge in [-0.2, -0.15) is 5.10 Å². The van der Waals surface area contributed by atoms with Crippen LogP contribution in [0.5, 0.6) is 5.75 Å². The van der Waals surface area contributed by atoms with Crippen molar-refractivity contribution in [1.29, 1.82) is 0 Å². The zero-order valence-electron chi connectivity index (χ0n) is 14.1. The van der Waals surface area contributed by atoms with Crippen molar-refractivity contribution in [3.8, 4) is 5.75 Å². The lowest BCUT2D eigenvalue weighted by molar-refractivity contribution is 0.306. The Morgan fingerprint density at radius 1 is 1.23 bits per heavy atom. The van der Waals surface area contributed by atoms with Crippen LogP contribution in [-0.4, -0.2) is 16.2 Å². The summed E-state index contributed by atoms with van der Waals surface area (Å²) in [5.41, 5.74) is 4.90. The summed E-state index contributed by atoms with van der Waals surface area (Å²) in [6, 6.07) is 16.4. The second-order valence-corrected chi connectivity index (χ2v) is 5.99. The molecule has 3 aromatic rings. The van der Waals surface area contributed by atoms with Crippen LogP contribution in [0, 0.1) is 6.92 Å². The molecule has 6 nitrogen and oxygen atoms in total. The number of H-pyrrole nitrogens is 1. The van der Waals surface area contributed by atoms with E-state index in [4.69, 9.17) is 16.3 Å². The first-order chi connectivity index (χ1) is 12.6. The summed E-state index contributed by atoms with van der Waals surface area (Å²) in [6.45, 7) is 2.16. The van der Waals surface area contributed by atoms with Gasteiger partial charge in [0.25, 0.3) is 5.56 Å². The minimum Gasteiger partial charge on any atom is -0.488 e. The molecule has 7 heteroatoms. The van der Waals surface area contributed by atoms with Crippen molar-refractivity contribution in [1.82, 2.24) is 9.97 Å². The maximum atomic E-state index is 11.4. The van der Waals surface area contributed by atoms with E-state index >= 15 is 0 Å². The highest BCUT2D eigenvalue weighted by molar-refractivity contribution is 6.30. The van der Waals surface area contributed by atoms with Crippen molar-refractivity contribution in [2.75, 3.05) is 5.43 Å². The van der Waals surface area contributed by atoms with Crippen molar-refractivity contribution in [3.63, 3.8) is 0 Å². The third-order valence-electron chi connectivity index (χ3n) is 3.47. The summed E-state index contributed by atoms with van der Waals surface area (Å²) < 4.78 is 5.87. The zero-order chi connectivity index (χ0) is 18.4. The van der Waals surface area contributed by atoms with Crippen LogP contribution in [0.1, 0.15) is 16.8 Å². The molecule has 0 saturated heterocycles. The highest BCUT2D eigenvalue weighted by Crippen LogP contribution is 2.18. The number of rotatable bonds is 6. The molecule has 132 valence electrons. The number of ether oxygens (including phenoxy) is 1. The fraction of sp³-hybridized carbons (Fsp3) is 0.105. The van der Waals surface area contributed by atoms with E-state index in [-0.39, 0.29) is 11.5 Å². The normalized spacial score (nSPS) is 10.8. The number of halogens is 1. The summed E-state index contributed by atoms with van der Waals surface area (Å²) in [5.74, 6) is 0.976. The smallest absolute Gasteiger partial charge is 0.252 e. The molecule has 0 fully saturated rings. The maximum Gasteiger partial charge on any atom is 0.252 e. The maximum absolute atomic E-state index is 11.4. The number of anilines is 1. The summed E-state index contributed by atoms with van der Waals surface area (Å²) in [6.07, 6.45) is 1.61. The first-order valence-electron chi connectivity index (χ1n) is 7.93. The van der Waals surface area contributed by atoms with E-state index in [0.29, 0.717) is 23.1 Å². The molecule has 0 aliphatic carbocycles. The molecule has 0 aliphatic heterocycles. The van der Waals surface area contributed by atoms with Gasteiger partial charge in [-0.3, -0.25) is 9.78 Å². The van der Waals surface area contributed by atoms with Crippen LogP contribution < -0.4 is 15.7 Å². The fourth-order valence-electron chi connectivity index (χ4n) is 2.26. The second-order valence-electron chi connectivity index (χ2n) is 5.56. The Labute approximate surface area is 155 Å². The number of hydrogen-bond acceptors (Lipinski definition) is 5. The molecular formula is C19H17ClN4O2. The van der Waals surface area contributed by atoms with Crippen molar-refractivity contribution < 1.29 is 4.74 Å². The molecule has 1 aromatic heterocycles. The fourth-order valence-corrected chi connectivity index (χ4v) is 2.38. The Balaban J connectivity index is 1.68. The van der Waals surface area contributed by atoms with Gasteiger partial charge in [0.2, 0.25) is 5.95 Å². The Morgan fingerprint density at radius 2 is 2.00 bits per heavy atom. The summed E-state index contributed by atoms with van der Waals surface area (Å²) in [7, 11) is 0. The van der Waals surface area contributed by atoms with Crippen LogP contribution in [0.2, 0.25) is 5.02 Å². The van der Waals surface area contributed by atoms with Crippen molar-refractivity contribution in [3.05, 3.63) is 86.8 Å². The van der Waals surface area contributed by atoms with Crippen molar-refractivity contribution in [2.45, 2.75) is 13.5 Å². The average molecular weight is 369 g/mol. The third kappa shape index (κ3) is 4.94. The minimum atomic E-state index is -0.234. The molecule has 26 heavy (non-hydrogen) atoms. The van der Waals surface area contributed by atoms with E-state index in [0.717, 1.165) is 11.1 Å². The monoisotopic (exact) mass is 368 g/mol. The topological polar surface area (TPSA) is 79.4 Å². The number of benzene rings is 2. The summed E-state index contributed by atoms with van der Waals surface area (Å²) >= 11 is 5.89. The lowest BCUT2D eigenvalue weighted by Crippen LogP contribution is -2.10. The number of aromatic nitrogens is 2. The van der Waals surface area contributed by atoms with Crippen molar-refractivity contribution in [2.24, 2.45) is 5.10 Å². The predicted molar refractivity (Wildman–Crippen MR) is 103 cm³/mol. The second kappa shape index (κ2) is 8.31. The molecule has 3 rings (SSSR count). The summed E-state index contributed by atoms with van der Waals surface area (Å²) in [4.78, 5) is 18.1. The molecule has 1 heterocycles. The first-order valence-corrected chi connectivity index (χ1v) is 8.31. The number of aryl methyl sites for hydroxylation is 1. The summed E-state index contributed by atoms with van der Waals surface area (Å²) in [5, 5.41) is 4.81. The molecule has 0 bridgehead atoms. The van der Waals surface area contributed by atoms with Gasteiger partial charge in [0.15, 0.2) is 0 Å². The van der Waals surface area contributed by atoms with Crippen LogP contribution in [0.15, 0.2) is 64.5 Å². The minimum absolute atomic E-state index is 0.234. The lowest BCUT2D eigenvalue weighted by atomic mass is 10.2. The van der Waals surface area contributed by atoms with Gasteiger partial charge in [-0.15, -0.1) is 0 Å². The molecule has 0 amide bonds. The number of nitrogens with one attached hydrogen (secondary N) is 2. The molecule has 0 atom stereocenters. The molecule has 0 unspecified atom stereocenters. The molecule has 0 aliphatic rings. The van der Waals surface area contributed by atoms with Crippen LogP contribution in [0.25, 0.3) is 0 Å². The molecule has 0 spiro atoms. The largest absolute Gasteiger partial charge is 0.488 e. The Morgan fingerprint density at radius 3 is 2.77 bits per heavy atom. The number of aromatic amines is 1. The molecule has 0 saturated carbocycles. The Hall–Kier alpha value is -3.12. The molecular weight excluding hydrogens is 352 g/mol. The highest BCUT2D eigenvalue weighted by atomic mass is 35.5. The van der Waals surface area contributed by atoms with Crippen LogP contribution in [-0.2, 0) is 6.61 Å². The van der Waals surface area contributed by atoms with Gasteiger partial charge >= 0.3 is 0 Å². The first kappa shape index (κ1) is 17.7. The zero-order valence-corrected chi connectivity index (χ0v) is 14.8. The van der Waals surface area contributed by atoms with Gasteiger partial charge in [0.05, 0.1) is 6.21 Å².